The van der Waals surface area contributed by atoms with Gasteiger partial charge in [0.15, 0.2) is 0 Å². The molecule has 182 valence electrons. The highest BCUT2D eigenvalue weighted by Crippen LogP contribution is 2.27. The molecule has 0 aliphatic heterocycles. The monoisotopic (exact) mass is 512 g/mol. The van der Waals surface area contributed by atoms with E-state index in [9.17, 15) is 14.0 Å². The van der Waals surface area contributed by atoms with E-state index >= 15 is 0 Å². The molecule has 0 unspecified atom stereocenters. The van der Waals surface area contributed by atoms with Gasteiger partial charge >= 0.3 is 5.97 Å². The second-order valence-corrected chi connectivity index (χ2v) is 8.38. The molecule has 0 amide bonds. The normalized spacial score (nSPS) is 11.1. The largest absolute Gasteiger partial charge is 0.460 e. The molecule has 5 nitrogen and oxygen atoms in total. The van der Waals surface area contributed by atoms with Crippen molar-refractivity contribution in [1.29, 1.82) is 0 Å². The number of fused-ring (bicyclic) bond motifs is 1. The number of esters is 1. The van der Waals surface area contributed by atoms with Crippen LogP contribution in [0.15, 0.2) is 113 Å². The summed E-state index contributed by atoms with van der Waals surface area (Å²) in [6.45, 7) is 0. The van der Waals surface area contributed by atoms with Crippen molar-refractivity contribution in [2.45, 2.75) is 0 Å². The van der Waals surface area contributed by atoms with E-state index in [4.69, 9.17) is 25.5 Å². The number of halogens is 2. The van der Waals surface area contributed by atoms with Gasteiger partial charge in [0.2, 0.25) is 11.2 Å². The minimum Gasteiger partial charge on any atom is -0.460 e. The van der Waals surface area contributed by atoms with Gasteiger partial charge in [-0.2, -0.15) is 0 Å². The van der Waals surface area contributed by atoms with Crippen LogP contribution >= 0.6 is 11.6 Å². The topological polar surface area (TPSA) is 65.7 Å². The minimum atomic E-state index is -0.750. The maximum Gasteiger partial charge on any atom is 0.336 e. The number of carbonyl (C=O) groups excluding carboxylic acids is 1. The molecule has 0 saturated heterocycles. The molecule has 4 aromatic carbocycles. The number of hydrogen-bond donors (Lipinski definition) is 0. The van der Waals surface area contributed by atoms with Gasteiger partial charge in [-0.05, 0) is 53.6 Å². The predicted molar refractivity (Wildman–Crippen MR) is 141 cm³/mol. The Balaban J connectivity index is 1.30. The van der Waals surface area contributed by atoms with Crippen LogP contribution in [0.5, 0.6) is 17.2 Å². The SMILES string of the molecule is O=C(C=Cc1c(F)cccc1Cl)Oc1ccc2c(=O)c(Oc3ccc(-c4ccccc4)cc3)coc2c1. The number of carbonyl (C=O) groups is 1. The summed E-state index contributed by atoms with van der Waals surface area (Å²) in [5.74, 6) is -0.655. The van der Waals surface area contributed by atoms with Crippen molar-refractivity contribution in [1.82, 2.24) is 0 Å². The zero-order chi connectivity index (χ0) is 25.8. The molecule has 0 aliphatic rings. The lowest BCUT2D eigenvalue weighted by molar-refractivity contribution is -0.128. The van der Waals surface area contributed by atoms with E-state index in [1.54, 1.807) is 12.1 Å². The minimum absolute atomic E-state index is 0.0226. The van der Waals surface area contributed by atoms with Crippen LogP contribution in [0, 0.1) is 5.82 Å². The summed E-state index contributed by atoms with van der Waals surface area (Å²) >= 11 is 5.95. The Bertz CT molecular complexity index is 1650. The average molecular weight is 513 g/mol. The van der Waals surface area contributed by atoms with Crippen LogP contribution in [0.1, 0.15) is 5.56 Å². The predicted octanol–water partition coefficient (Wildman–Crippen LogP) is 7.66. The van der Waals surface area contributed by atoms with Crippen LogP contribution in [0.25, 0.3) is 28.2 Å². The van der Waals surface area contributed by atoms with Crippen molar-refractivity contribution in [2.75, 3.05) is 0 Å². The maximum absolute atomic E-state index is 13.9. The van der Waals surface area contributed by atoms with Crippen molar-refractivity contribution < 1.29 is 23.1 Å². The fourth-order valence-corrected chi connectivity index (χ4v) is 3.90. The molecule has 1 aromatic heterocycles. The molecule has 5 aromatic rings. The van der Waals surface area contributed by atoms with Crippen LogP contribution in [0.3, 0.4) is 0 Å². The highest BCUT2D eigenvalue weighted by atomic mass is 35.5. The van der Waals surface area contributed by atoms with Crippen molar-refractivity contribution in [3.05, 3.63) is 130 Å². The van der Waals surface area contributed by atoms with E-state index in [0.717, 1.165) is 17.2 Å². The third kappa shape index (κ3) is 5.44. The summed E-state index contributed by atoms with van der Waals surface area (Å²) in [7, 11) is 0. The Hall–Kier alpha value is -4.68. The summed E-state index contributed by atoms with van der Waals surface area (Å²) in [4.78, 5) is 25.1. The van der Waals surface area contributed by atoms with Crippen molar-refractivity contribution in [3.63, 3.8) is 0 Å². The van der Waals surface area contributed by atoms with Crippen LogP contribution < -0.4 is 14.9 Å². The summed E-state index contributed by atoms with van der Waals surface area (Å²) in [6.07, 6.45) is 3.50. The summed E-state index contributed by atoms with van der Waals surface area (Å²) in [6, 6.07) is 25.8. The molecule has 37 heavy (non-hydrogen) atoms. The molecule has 0 aliphatic carbocycles. The van der Waals surface area contributed by atoms with Gasteiger partial charge in [-0.3, -0.25) is 4.79 Å². The first-order valence-electron chi connectivity index (χ1n) is 11.2. The lowest BCUT2D eigenvalue weighted by Crippen LogP contribution is -2.06. The van der Waals surface area contributed by atoms with Crippen molar-refractivity contribution in [3.8, 4) is 28.4 Å². The zero-order valence-corrected chi connectivity index (χ0v) is 19.9. The van der Waals surface area contributed by atoms with Gasteiger partial charge in [0.25, 0.3) is 0 Å². The van der Waals surface area contributed by atoms with E-state index < -0.39 is 11.8 Å². The molecular formula is C30H18ClFO5. The highest BCUT2D eigenvalue weighted by Gasteiger charge is 2.12. The van der Waals surface area contributed by atoms with Gasteiger partial charge in [-0.1, -0.05) is 60.1 Å². The Morgan fingerprint density at radius 1 is 0.865 bits per heavy atom. The highest BCUT2D eigenvalue weighted by molar-refractivity contribution is 6.32. The first-order chi connectivity index (χ1) is 18.0. The summed E-state index contributed by atoms with van der Waals surface area (Å²) < 4.78 is 30.4. The van der Waals surface area contributed by atoms with Gasteiger partial charge in [0, 0.05) is 17.7 Å². The Morgan fingerprint density at radius 2 is 1.59 bits per heavy atom. The molecule has 0 bridgehead atoms. The van der Waals surface area contributed by atoms with Crippen molar-refractivity contribution in [2.24, 2.45) is 0 Å². The maximum atomic E-state index is 13.9. The lowest BCUT2D eigenvalue weighted by atomic mass is 10.1. The lowest BCUT2D eigenvalue weighted by Gasteiger charge is -2.08. The van der Waals surface area contributed by atoms with Crippen LogP contribution in [-0.2, 0) is 4.79 Å². The molecule has 0 saturated carbocycles. The first kappa shape index (κ1) is 24.0. The molecule has 0 atom stereocenters. The number of benzene rings is 4. The summed E-state index contributed by atoms with van der Waals surface area (Å²) in [5.41, 5.74) is 2.01. The zero-order valence-electron chi connectivity index (χ0n) is 19.2. The summed E-state index contributed by atoms with van der Waals surface area (Å²) in [5, 5.41) is 0.425. The van der Waals surface area contributed by atoms with E-state index in [1.807, 2.05) is 42.5 Å². The van der Waals surface area contributed by atoms with Crippen LogP contribution in [-0.4, -0.2) is 5.97 Å². The molecule has 0 spiro atoms. The van der Waals surface area contributed by atoms with Gasteiger partial charge in [-0.15, -0.1) is 0 Å². The smallest absolute Gasteiger partial charge is 0.336 e. The van der Waals surface area contributed by atoms with E-state index in [-0.39, 0.29) is 38.5 Å². The molecule has 1 heterocycles. The van der Waals surface area contributed by atoms with E-state index in [1.165, 1.54) is 48.7 Å². The van der Waals surface area contributed by atoms with Gasteiger partial charge < -0.3 is 13.9 Å². The van der Waals surface area contributed by atoms with E-state index in [0.29, 0.717) is 5.75 Å². The standard InChI is InChI=1S/C30H18ClFO5/c31-25-7-4-8-26(32)23(25)15-16-29(33)37-22-13-14-24-27(17-22)35-18-28(30(24)34)36-21-11-9-20(10-12-21)19-5-2-1-3-6-19/h1-18H. The van der Waals surface area contributed by atoms with E-state index in [2.05, 4.69) is 0 Å². The Morgan fingerprint density at radius 3 is 2.35 bits per heavy atom. The number of ether oxygens (including phenoxy) is 2. The van der Waals surface area contributed by atoms with Crippen molar-refractivity contribution >= 4 is 34.6 Å². The fourth-order valence-electron chi connectivity index (χ4n) is 3.67. The average Bonchev–Trinajstić information content (AvgIpc) is 2.91. The number of hydrogen-bond acceptors (Lipinski definition) is 5. The third-order valence-electron chi connectivity index (χ3n) is 5.51. The Labute approximate surface area is 216 Å². The first-order valence-corrected chi connectivity index (χ1v) is 11.6. The fraction of sp³-hybridized carbons (Fsp3) is 0. The quantitative estimate of drug-likeness (QED) is 0.133. The second kappa shape index (κ2) is 10.5. The second-order valence-electron chi connectivity index (χ2n) is 7.97. The molecular weight excluding hydrogens is 495 g/mol. The number of rotatable bonds is 6. The van der Waals surface area contributed by atoms with Gasteiger partial charge in [0.05, 0.1) is 10.4 Å². The molecule has 0 radical (unpaired) electrons. The molecule has 7 heteroatoms. The molecule has 0 fully saturated rings. The van der Waals surface area contributed by atoms with Crippen LogP contribution in [0.4, 0.5) is 4.39 Å². The van der Waals surface area contributed by atoms with Crippen LogP contribution in [0.2, 0.25) is 5.02 Å². The third-order valence-corrected chi connectivity index (χ3v) is 5.84. The van der Waals surface area contributed by atoms with Gasteiger partial charge in [-0.25, -0.2) is 9.18 Å². The molecule has 0 N–H and O–H groups in total. The van der Waals surface area contributed by atoms with Gasteiger partial charge in [0.1, 0.15) is 29.2 Å². The molecule has 5 rings (SSSR count). The Kier molecular flexibility index (Phi) is 6.83.